The first kappa shape index (κ1) is 72.1. The predicted molar refractivity (Wildman–Crippen MR) is 325 cm³/mol. The summed E-state index contributed by atoms with van der Waals surface area (Å²) in [7, 11) is 0. The highest BCUT2D eigenvalue weighted by atomic mass is 16.6. The molecule has 0 aliphatic carbocycles. The molecule has 0 amide bonds. The van der Waals surface area contributed by atoms with Gasteiger partial charge in [-0.15, -0.1) is 0 Å². The zero-order chi connectivity index (χ0) is 54.3. The van der Waals surface area contributed by atoms with Crippen molar-refractivity contribution < 1.29 is 28.6 Å². The summed E-state index contributed by atoms with van der Waals surface area (Å²) in [4.78, 5) is 38.1. The van der Waals surface area contributed by atoms with E-state index in [9.17, 15) is 14.4 Å². The second-order valence-corrected chi connectivity index (χ2v) is 22.0. The Morgan fingerprint density at radius 3 is 0.813 bits per heavy atom. The number of ether oxygens (including phenoxy) is 3. The van der Waals surface area contributed by atoms with Gasteiger partial charge in [-0.3, -0.25) is 14.4 Å². The van der Waals surface area contributed by atoms with Crippen molar-refractivity contribution in [3.8, 4) is 0 Å². The average Bonchev–Trinajstić information content (AvgIpc) is 3.41. The molecule has 0 aromatic carbocycles. The van der Waals surface area contributed by atoms with Gasteiger partial charge in [-0.1, -0.05) is 319 Å². The topological polar surface area (TPSA) is 78.9 Å². The zero-order valence-electron chi connectivity index (χ0n) is 50.1. The Balaban J connectivity index is 4.09. The van der Waals surface area contributed by atoms with Crippen molar-refractivity contribution in [2.75, 3.05) is 13.2 Å². The van der Waals surface area contributed by atoms with E-state index in [1.807, 2.05) is 0 Å². The lowest BCUT2D eigenvalue weighted by Gasteiger charge is -2.18. The minimum atomic E-state index is -0.777. The van der Waals surface area contributed by atoms with Gasteiger partial charge in [0.25, 0.3) is 0 Å². The summed E-state index contributed by atoms with van der Waals surface area (Å²) >= 11 is 0. The lowest BCUT2D eigenvalue weighted by Crippen LogP contribution is -2.30. The third-order valence-electron chi connectivity index (χ3n) is 14.5. The van der Waals surface area contributed by atoms with Crippen molar-refractivity contribution in [3.05, 3.63) is 60.8 Å². The van der Waals surface area contributed by atoms with E-state index in [2.05, 4.69) is 81.5 Å². The van der Waals surface area contributed by atoms with Gasteiger partial charge in [0.15, 0.2) is 6.10 Å². The van der Waals surface area contributed by atoms with Gasteiger partial charge in [-0.05, 0) is 64.2 Å². The van der Waals surface area contributed by atoms with Crippen LogP contribution >= 0.6 is 0 Å². The molecular weight excluding hydrogens is 925 g/mol. The maximum atomic E-state index is 12.9. The summed E-state index contributed by atoms with van der Waals surface area (Å²) in [5.74, 6) is -0.876. The molecule has 0 fully saturated rings. The molecule has 0 aromatic heterocycles. The number of allylic oxidation sites excluding steroid dienone is 10. The standard InChI is InChI=1S/C69H124O6/c1-4-7-10-13-16-18-20-22-24-26-28-30-32-33-34-35-37-38-40-42-44-46-48-50-53-56-59-62-68(71)74-65-66(64-73-67(70)61-58-55-52-15-12-9-6-3)75-69(72)63-60-57-54-51-49-47-45-43-41-39-36-31-29-27-25-23-21-19-17-14-11-8-5-2/h8,11,17,19,23,25,29,31,39,41,66H,4-7,9-10,12-16,18,20-22,24,26-28,30,32-38,40,42-65H2,1-3H3/b11-8-,19-17-,25-23-,31-29-,41-39-. The van der Waals surface area contributed by atoms with Crippen LogP contribution in [-0.4, -0.2) is 37.2 Å². The zero-order valence-corrected chi connectivity index (χ0v) is 50.1. The van der Waals surface area contributed by atoms with Crippen molar-refractivity contribution in [3.63, 3.8) is 0 Å². The van der Waals surface area contributed by atoms with Crippen molar-refractivity contribution in [2.24, 2.45) is 0 Å². The number of carbonyl (C=O) groups excluding carboxylic acids is 3. The van der Waals surface area contributed by atoms with Crippen LogP contribution in [0.15, 0.2) is 60.8 Å². The second-order valence-electron chi connectivity index (χ2n) is 22.0. The van der Waals surface area contributed by atoms with Gasteiger partial charge in [0.05, 0.1) is 0 Å². The van der Waals surface area contributed by atoms with Gasteiger partial charge in [0.1, 0.15) is 13.2 Å². The van der Waals surface area contributed by atoms with Crippen LogP contribution in [0.25, 0.3) is 0 Å². The van der Waals surface area contributed by atoms with E-state index in [0.717, 1.165) is 96.3 Å². The Morgan fingerprint density at radius 1 is 0.280 bits per heavy atom. The Labute approximate surface area is 466 Å². The molecule has 0 aliphatic heterocycles. The summed E-state index contributed by atoms with van der Waals surface area (Å²) in [6.07, 6.45) is 81.2. The quantitative estimate of drug-likeness (QED) is 0.0261. The average molecular weight is 1050 g/mol. The van der Waals surface area contributed by atoms with Crippen LogP contribution in [0.4, 0.5) is 0 Å². The molecule has 0 saturated carbocycles. The number of carbonyl (C=O) groups is 3. The first-order valence-electron chi connectivity index (χ1n) is 32.8. The largest absolute Gasteiger partial charge is 0.462 e. The van der Waals surface area contributed by atoms with Crippen molar-refractivity contribution in [1.29, 1.82) is 0 Å². The third kappa shape index (κ3) is 61.8. The molecule has 6 nitrogen and oxygen atoms in total. The Bertz CT molecular complexity index is 1340. The molecule has 1 unspecified atom stereocenters. The van der Waals surface area contributed by atoms with Crippen LogP contribution in [0.1, 0.15) is 342 Å². The van der Waals surface area contributed by atoms with Gasteiger partial charge in [0, 0.05) is 19.3 Å². The molecule has 0 saturated heterocycles. The van der Waals surface area contributed by atoms with Crippen LogP contribution in [0.3, 0.4) is 0 Å². The SMILES string of the molecule is CC/C=C\C/C=C\C/C=C\C/C=C\C/C=C\CCCCCCCCCC(=O)OC(COC(=O)CCCCCCCCC)COC(=O)CCCCCCCCCCCCCCCCCCCCCCCCCCCCC. The molecule has 0 N–H and O–H groups in total. The first-order valence-corrected chi connectivity index (χ1v) is 32.8. The molecule has 436 valence electrons. The molecule has 0 rings (SSSR count). The highest BCUT2D eigenvalue weighted by molar-refractivity contribution is 5.71. The number of esters is 3. The monoisotopic (exact) mass is 1050 g/mol. The fraction of sp³-hybridized carbons (Fsp3) is 0.812. The van der Waals surface area contributed by atoms with Gasteiger partial charge in [-0.25, -0.2) is 0 Å². The number of rotatable bonds is 60. The van der Waals surface area contributed by atoms with Gasteiger partial charge < -0.3 is 14.2 Å². The molecule has 0 heterocycles. The number of unbranched alkanes of at least 4 members (excludes halogenated alkanes) is 39. The summed E-state index contributed by atoms with van der Waals surface area (Å²) in [5, 5.41) is 0. The van der Waals surface area contributed by atoms with E-state index in [1.165, 1.54) is 205 Å². The normalized spacial score (nSPS) is 12.4. The summed E-state index contributed by atoms with van der Waals surface area (Å²) in [6, 6.07) is 0. The van der Waals surface area contributed by atoms with Gasteiger partial charge in [0.2, 0.25) is 0 Å². The van der Waals surface area contributed by atoms with Crippen molar-refractivity contribution in [2.45, 2.75) is 348 Å². The van der Waals surface area contributed by atoms with E-state index < -0.39 is 6.10 Å². The maximum absolute atomic E-state index is 12.9. The second kappa shape index (κ2) is 63.6. The summed E-state index contributed by atoms with van der Waals surface area (Å²) < 4.78 is 16.8. The summed E-state index contributed by atoms with van der Waals surface area (Å²) in [6.45, 7) is 6.52. The van der Waals surface area contributed by atoms with Crippen LogP contribution < -0.4 is 0 Å². The molecule has 0 radical (unpaired) electrons. The minimum absolute atomic E-state index is 0.0750. The number of hydrogen-bond acceptors (Lipinski definition) is 6. The Morgan fingerprint density at radius 2 is 0.520 bits per heavy atom. The molecule has 6 heteroatoms. The van der Waals surface area contributed by atoms with E-state index in [1.54, 1.807) is 0 Å². The molecule has 1 atom stereocenters. The van der Waals surface area contributed by atoms with E-state index in [-0.39, 0.29) is 31.1 Å². The Kier molecular flexibility index (Phi) is 61.2. The fourth-order valence-electron chi connectivity index (χ4n) is 9.65. The predicted octanol–water partition coefficient (Wildman–Crippen LogP) is 22.3. The van der Waals surface area contributed by atoms with Gasteiger partial charge >= 0.3 is 17.9 Å². The van der Waals surface area contributed by atoms with Gasteiger partial charge in [-0.2, -0.15) is 0 Å². The first-order chi connectivity index (χ1) is 37.0. The molecular formula is C69H124O6. The molecule has 0 aromatic rings. The Hall–Kier alpha value is -2.89. The van der Waals surface area contributed by atoms with Crippen molar-refractivity contribution in [1.82, 2.24) is 0 Å². The van der Waals surface area contributed by atoms with Crippen LogP contribution in [0.2, 0.25) is 0 Å². The lowest BCUT2D eigenvalue weighted by molar-refractivity contribution is -0.167. The van der Waals surface area contributed by atoms with Crippen LogP contribution in [0, 0.1) is 0 Å². The number of hydrogen-bond donors (Lipinski definition) is 0. The molecule has 75 heavy (non-hydrogen) atoms. The highest BCUT2D eigenvalue weighted by Crippen LogP contribution is 2.18. The minimum Gasteiger partial charge on any atom is -0.462 e. The van der Waals surface area contributed by atoms with Crippen molar-refractivity contribution >= 4 is 17.9 Å². The fourth-order valence-corrected chi connectivity index (χ4v) is 9.65. The highest BCUT2D eigenvalue weighted by Gasteiger charge is 2.19. The van der Waals surface area contributed by atoms with E-state index in [0.29, 0.717) is 19.3 Å². The molecule has 0 aliphatic rings. The smallest absolute Gasteiger partial charge is 0.306 e. The third-order valence-corrected chi connectivity index (χ3v) is 14.5. The van der Waals surface area contributed by atoms with Crippen LogP contribution in [0.5, 0.6) is 0 Å². The van der Waals surface area contributed by atoms with Crippen LogP contribution in [-0.2, 0) is 28.6 Å². The lowest BCUT2D eigenvalue weighted by atomic mass is 10.0. The van der Waals surface area contributed by atoms with E-state index in [4.69, 9.17) is 14.2 Å². The van der Waals surface area contributed by atoms with E-state index >= 15 is 0 Å². The molecule has 0 bridgehead atoms. The summed E-state index contributed by atoms with van der Waals surface area (Å²) in [5.41, 5.74) is 0. The maximum Gasteiger partial charge on any atom is 0.306 e. The molecule has 0 spiro atoms.